The minimum atomic E-state index is 0.602. The first-order valence-corrected chi connectivity index (χ1v) is 7.73. The average Bonchev–Trinajstić information content (AvgIpc) is 2.79. The van der Waals surface area contributed by atoms with Crippen LogP contribution >= 0.6 is 0 Å². The van der Waals surface area contributed by atoms with Crippen LogP contribution in [0.2, 0.25) is 0 Å². The number of unbranched alkanes of at least 4 members (excludes halogenated alkanes) is 7. The Bertz CT molecular complexity index is 304. The maximum absolute atomic E-state index is 4.43. The maximum Gasteiger partial charge on any atom is 0.111 e. The summed E-state index contributed by atoms with van der Waals surface area (Å²) in [6.07, 6.45) is 16.4. The molecule has 1 atom stereocenters. The molecule has 0 N–H and O–H groups in total. The van der Waals surface area contributed by atoms with E-state index in [1.807, 2.05) is 12.4 Å². The number of rotatable bonds is 10. The third kappa shape index (κ3) is 5.70. The van der Waals surface area contributed by atoms with Crippen molar-refractivity contribution >= 4 is 0 Å². The van der Waals surface area contributed by atoms with Gasteiger partial charge in [-0.3, -0.25) is 0 Å². The van der Waals surface area contributed by atoms with Crippen molar-refractivity contribution in [2.75, 3.05) is 0 Å². The van der Waals surface area contributed by atoms with Gasteiger partial charge in [-0.1, -0.05) is 65.2 Å². The van der Waals surface area contributed by atoms with Crippen molar-refractivity contribution in [1.29, 1.82) is 0 Å². The molecule has 0 saturated heterocycles. The second-order valence-electron chi connectivity index (χ2n) is 5.56. The number of imidazole rings is 1. The molecule has 0 saturated carbocycles. The molecule has 1 rings (SSSR count). The van der Waals surface area contributed by atoms with Crippen LogP contribution in [0.25, 0.3) is 0 Å². The molecule has 1 unspecified atom stereocenters. The van der Waals surface area contributed by atoms with Gasteiger partial charge in [0.2, 0.25) is 0 Å². The molecule has 0 fully saturated rings. The molecule has 0 aliphatic heterocycles. The topological polar surface area (TPSA) is 17.8 Å². The summed E-state index contributed by atoms with van der Waals surface area (Å²) in [4.78, 5) is 4.43. The van der Waals surface area contributed by atoms with Crippen molar-refractivity contribution in [2.24, 2.45) is 7.05 Å². The number of aryl methyl sites for hydroxylation is 1. The Morgan fingerprint density at radius 3 is 2.22 bits per heavy atom. The van der Waals surface area contributed by atoms with E-state index in [1.54, 1.807) is 0 Å². The van der Waals surface area contributed by atoms with Gasteiger partial charge in [0.15, 0.2) is 0 Å². The van der Waals surface area contributed by atoms with E-state index in [0.717, 1.165) is 0 Å². The highest BCUT2D eigenvalue weighted by Gasteiger charge is 2.09. The molecular weight excluding hydrogens is 220 g/mol. The maximum atomic E-state index is 4.43. The van der Waals surface area contributed by atoms with E-state index in [-0.39, 0.29) is 0 Å². The fourth-order valence-electron chi connectivity index (χ4n) is 2.57. The Kier molecular flexibility index (Phi) is 7.79. The van der Waals surface area contributed by atoms with Gasteiger partial charge < -0.3 is 4.57 Å². The summed E-state index contributed by atoms with van der Waals surface area (Å²) >= 11 is 0. The molecule has 0 radical (unpaired) electrons. The fraction of sp³-hybridized carbons (Fsp3) is 0.812. The summed E-state index contributed by atoms with van der Waals surface area (Å²) in [5.41, 5.74) is 0. The highest BCUT2D eigenvalue weighted by atomic mass is 15.0. The zero-order valence-corrected chi connectivity index (χ0v) is 12.5. The van der Waals surface area contributed by atoms with E-state index >= 15 is 0 Å². The first-order chi connectivity index (χ1) is 8.75. The van der Waals surface area contributed by atoms with Crippen LogP contribution < -0.4 is 0 Å². The first-order valence-electron chi connectivity index (χ1n) is 7.73. The van der Waals surface area contributed by atoms with E-state index in [1.165, 1.54) is 63.6 Å². The second-order valence-corrected chi connectivity index (χ2v) is 5.56. The Morgan fingerprint density at radius 1 is 1.06 bits per heavy atom. The van der Waals surface area contributed by atoms with Crippen molar-refractivity contribution in [2.45, 2.75) is 77.6 Å². The fourth-order valence-corrected chi connectivity index (χ4v) is 2.57. The van der Waals surface area contributed by atoms with Gasteiger partial charge in [-0.15, -0.1) is 0 Å². The minimum absolute atomic E-state index is 0.602. The number of hydrogen-bond donors (Lipinski definition) is 0. The lowest BCUT2D eigenvalue weighted by atomic mass is 10.0. The van der Waals surface area contributed by atoms with Crippen LogP contribution in [0.15, 0.2) is 12.4 Å². The molecule has 0 aliphatic rings. The van der Waals surface area contributed by atoms with Crippen LogP contribution in [0, 0.1) is 0 Å². The van der Waals surface area contributed by atoms with Crippen molar-refractivity contribution < 1.29 is 0 Å². The lowest BCUT2D eigenvalue weighted by Gasteiger charge is -2.11. The van der Waals surface area contributed by atoms with Crippen LogP contribution in [-0.2, 0) is 7.05 Å². The standard InChI is InChI=1S/C16H30N2/c1-4-5-6-7-8-9-10-11-12-15(2)16-17-13-14-18(16)3/h13-15H,4-12H2,1-3H3. The summed E-state index contributed by atoms with van der Waals surface area (Å²) in [5.74, 6) is 1.84. The summed E-state index contributed by atoms with van der Waals surface area (Å²) in [6, 6.07) is 0. The molecule has 1 aromatic rings. The first kappa shape index (κ1) is 15.3. The molecule has 104 valence electrons. The van der Waals surface area contributed by atoms with Crippen LogP contribution in [0.5, 0.6) is 0 Å². The van der Waals surface area contributed by atoms with Gasteiger partial charge in [-0.05, 0) is 6.42 Å². The lowest BCUT2D eigenvalue weighted by Crippen LogP contribution is -2.02. The Balaban J connectivity index is 1.99. The van der Waals surface area contributed by atoms with Crippen LogP contribution in [0.4, 0.5) is 0 Å². The normalized spacial score (nSPS) is 12.8. The second kappa shape index (κ2) is 9.18. The van der Waals surface area contributed by atoms with Crippen LogP contribution in [0.3, 0.4) is 0 Å². The van der Waals surface area contributed by atoms with E-state index in [9.17, 15) is 0 Å². The molecular formula is C16H30N2. The Labute approximate surface area is 113 Å². The van der Waals surface area contributed by atoms with Crippen LogP contribution in [-0.4, -0.2) is 9.55 Å². The predicted molar refractivity (Wildman–Crippen MR) is 78.9 cm³/mol. The molecule has 0 bridgehead atoms. The van der Waals surface area contributed by atoms with Gasteiger partial charge in [-0.25, -0.2) is 4.98 Å². The summed E-state index contributed by atoms with van der Waals surface area (Å²) in [7, 11) is 2.09. The molecule has 1 heterocycles. The Morgan fingerprint density at radius 2 is 1.67 bits per heavy atom. The van der Waals surface area contributed by atoms with E-state index in [0.29, 0.717) is 5.92 Å². The zero-order chi connectivity index (χ0) is 13.2. The largest absolute Gasteiger partial charge is 0.338 e. The molecule has 18 heavy (non-hydrogen) atoms. The summed E-state index contributed by atoms with van der Waals surface area (Å²) in [6.45, 7) is 4.57. The molecule has 1 aromatic heterocycles. The van der Waals surface area contributed by atoms with Gasteiger partial charge in [0.05, 0.1) is 0 Å². The smallest absolute Gasteiger partial charge is 0.111 e. The monoisotopic (exact) mass is 250 g/mol. The average molecular weight is 250 g/mol. The molecule has 0 amide bonds. The van der Waals surface area contributed by atoms with Gasteiger partial charge in [0.1, 0.15) is 5.82 Å². The predicted octanol–water partition coefficient (Wildman–Crippen LogP) is 5.05. The van der Waals surface area contributed by atoms with Crippen molar-refractivity contribution in [3.8, 4) is 0 Å². The highest BCUT2D eigenvalue weighted by molar-refractivity contribution is 4.97. The molecule has 0 aliphatic carbocycles. The molecule has 0 aromatic carbocycles. The van der Waals surface area contributed by atoms with Crippen molar-refractivity contribution in [1.82, 2.24) is 9.55 Å². The molecule has 2 heteroatoms. The lowest BCUT2D eigenvalue weighted by molar-refractivity contribution is 0.527. The number of aromatic nitrogens is 2. The van der Waals surface area contributed by atoms with E-state index in [2.05, 4.69) is 30.4 Å². The quantitative estimate of drug-likeness (QED) is 0.531. The third-order valence-corrected chi connectivity index (χ3v) is 3.79. The molecule has 0 spiro atoms. The molecule has 2 nitrogen and oxygen atoms in total. The van der Waals surface area contributed by atoms with Crippen molar-refractivity contribution in [3.63, 3.8) is 0 Å². The van der Waals surface area contributed by atoms with Crippen molar-refractivity contribution in [3.05, 3.63) is 18.2 Å². The van der Waals surface area contributed by atoms with Gasteiger partial charge in [-0.2, -0.15) is 0 Å². The number of hydrogen-bond acceptors (Lipinski definition) is 1. The third-order valence-electron chi connectivity index (χ3n) is 3.79. The highest BCUT2D eigenvalue weighted by Crippen LogP contribution is 2.20. The summed E-state index contributed by atoms with van der Waals surface area (Å²) < 4.78 is 2.15. The minimum Gasteiger partial charge on any atom is -0.338 e. The van der Waals surface area contributed by atoms with Gasteiger partial charge >= 0.3 is 0 Å². The summed E-state index contributed by atoms with van der Waals surface area (Å²) in [5, 5.41) is 0. The zero-order valence-electron chi connectivity index (χ0n) is 12.5. The number of nitrogens with zero attached hydrogens (tertiary/aromatic N) is 2. The van der Waals surface area contributed by atoms with Gasteiger partial charge in [0.25, 0.3) is 0 Å². The van der Waals surface area contributed by atoms with E-state index < -0.39 is 0 Å². The SMILES string of the molecule is CCCCCCCCCCC(C)c1nccn1C. The van der Waals surface area contributed by atoms with Gasteiger partial charge in [0, 0.05) is 25.4 Å². The Hall–Kier alpha value is -0.790. The van der Waals surface area contributed by atoms with E-state index in [4.69, 9.17) is 0 Å². The van der Waals surface area contributed by atoms with Crippen LogP contribution in [0.1, 0.15) is 83.4 Å².